The van der Waals surface area contributed by atoms with E-state index in [0.717, 1.165) is 22.8 Å². The van der Waals surface area contributed by atoms with Crippen molar-refractivity contribution in [2.45, 2.75) is 0 Å². The van der Waals surface area contributed by atoms with E-state index in [-0.39, 0.29) is 6.61 Å². The zero-order valence-corrected chi connectivity index (χ0v) is 10.1. The quantitative estimate of drug-likeness (QED) is 0.769. The van der Waals surface area contributed by atoms with Gasteiger partial charge in [-0.25, -0.2) is 0 Å². The molecule has 0 spiro atoms. The summed E-state index contributed by atoms with van der Waals surface area (Å²) in [6, 6.07) is 11.3. The van der Waals surface area contributed by atoms with Crippen LogP contribution in [0.25, 0.3) is 11.3 Å². The highest BCUT2D eigenvalue weighted by atomic mass is 16.5. The molecule has 3 nitrogen and oxygen atoms in total. The van der Waals surface area contributed by atoms with Crippen molar-refractivity contribution >= 4 is 0 Å². The van der Waals surface area contributed by atoms with Crippen molar-refractivity contribution in [2.75, 3.05) is 13.7 Å². The van der Waals surface area contributed by atoms with Crippen LogP contribution in [0.3, 0.4) is 0 Å². The molecule has 1 heterocycles. The molecule has 90 valence electrons. The highest BCUT2D eigenvalue weighted by Crippen LogP contribution is 2.24. The van der Waals surface area contributed by atoms with E-state index in [1.165, 1.54) is 0 Å². The molecule has 2 rings (SSSR count). The largest absolute Gasteiger partial charge is 0.497 e. The summed E-state index contributed by atoms with van der Waals surface area (Å²) in [6.07, 6.45) is 6.87. The van der Waals surface area contributed by atoms with Crippen LogP contribution in [-0.2, 0) is 0 Å². The Bertz CT molecular complexity index is 573. The normalized spacial score (nSPS) is 9.56. The molecule has 0 atom stereocenters. The summed E-state index contributed by atoms with van der Waals surface area (Å²) in [4.78, 5) is 4.30. The SMILES string of the molecule is C#CCOc1cccc(-c2cc(OC)ccn2)c1. The number of hydrogen-bond acceptors (Lipinski definition) is 3. The molecule has 2 aromatic rings. The fourth-order valence-corrected chi connectivity index (χ4v) is 1.57. The molecule has 0 bridgehead atoms. The van der Waals surface area contributed by atoms with Crippen LogP contribution in [0.5, 0.6) is 11.5 Å². The van der Waals surface area contributed by atoms with Gasteiger partial charge in [0.2, 0.25) is 0 Å². The predicted molar refractivity (Wildman–Crippen MR) is 70.6 cm³/mol. The summed E-state index contributed by atoms with van der Waals surface area (Å²) in [6.45, 7) is 0.259. The third-order valence-electron chi connectivity index (χ3n) is 2.42. The van der Waals surface area contributed by atoms with Crippen molar-refractivity contribution in [1.82, 2.24) is 4.98 Å². The van der Waals surface area contributed by atoms with Crippen LogP contribution in [0.4, 0.5) is 0 Å². The first kappa shape index (κ1) is 12.0. The number of nitrogens with zero attached hydrogens (tertiary/aromatic N) is 1. The Balaban J connectivity index is 2.29. The molecule has 18 heavy (non-hydrogen) atoms. The van der Waals surface area contributed by atoms with Crippen molar-refractivity contribution in [2.24, 2.45) is 0 Å². The first-order chi connectivity index (χ1) is 8.83. The molecular formula is C15H13NO2. The zero-order valence-electron chi connectivity index (χ0n) is 10.1. The van der Waals surface area contributed by atoms with Crippen molar-refractivity contribution in [3.63, 3.8) is 0 Å². The molecular weight excluding hydrogens is 226 g/mol. The number of ether oxygens (including phenoxy) is 2. The maximum absolute atomic E-state index is 5.38. The number of hydrogen-bond donors (Lipinski definition) is 0. The van der Waals surface area contributed by atoms with E-state index >= 15 is 0 Å². The summed E-state index contributed by atoms with van der Waals surface area (Å²) in [5.41, 5.74) is 1.80. The lowest BCUT2D eigenvalue weighted by Crippen LogP contribution is -1.93. The lowest BCUT2D eigenvalue weighted by Gasteiger charge is -2.06. The van der Waals surface area contributed by atoms with Gasteiger partial charge in [0.1, 0.15) is 18.1 Å². The van der Waals surface area contributed by atoms with Gasteiger partial charge in [-0.15, -0.1) is 6.42 Å². The van der Waals surface area contributed by atoms with Gasteiger partial charge in [-0.1, -0.05) is 18.1 Å². The average molecular weight is 239 g/mol. The second-order valence-electron chi connectivity index (χ2n) is 3.60. The van der Waals surface area contributed by atoms with Gasteiger partial charge in [-0.05, 0) is 18.2 Å². The highest BCUT2D eigenvalue weighted by molar-refractivity contribution is 5.62. The molecule has 0 aliphatic heterocycles. The summed E-state index contributed by atoms with van der Waals surface area (Å²) >= 11 is 0. The molecule has 0 aliphatic rings. The van der Waals surface area contributed by atoms with Crippen molar-refractivity contribution in [1.29, 1.82) is 0 Å². The maximum Gasteiger partial charge on any atom is 0.148 e. The molecule has 0 saturated heterocycles. The van der Waals surface area contributed by atoms with Gasteiger partial charge in [0.25, 0.3) is 0 Å². The van der Waals surface area contributed by atoms with Crippen LogP contribution in [0.2, 0.25) is 0 Å². The molecule has 0 fully saturated rings. The van der Waals surface area contributed by atoms with E-state index in [9.17, 15) is 0 Å². The predicted octanol–water partition coefficient (Wildman–Crippen LogP) is 2.77. The standard InChI is InChI=1S/C15H13NO2/c1-3-9-18-14-6-4-5-12(10-14)15-11-13(17-2)7-8-16-15/h1,4-8,10-11H,9H2,2H3. The highest BCUT2D eigenvalue weighted by Gasteiger charge is 2.02. The second-order valence-corrected chi connectivity index (χ2v) is 3.60. The number of benzene rings is 1. The summed E-state index contributed by atoms with van der Waals surface area (Å²) < 4.78 is 10.6. The fraction of sp³-hybridized carbons (Fsp3) is 0.133. The Morgan fingerprint density at radius 1 is 1.22 bits per heavy atom. The number of pyridine rings is 1. The Kier molecular flexibility index (Phi) is 3.83. The van der Waals surface area contributed by atoms with Crippen LogP contribution in [-0.4, -0.2) is 18.7 Å². The van der Waals surface area contributed by atoms with Crippen molar-refractivity contribution in [3.05, 3.63) is 42.6 Å². The smallest absolute Gasteiger partial charge is 0.148 e. The van der Waals surface area contributed by atoms with E-state index in [4.69, 9.17) is 15.9 Å². The zero-order chi connectivity index (χ0) is 12.8. The van der Waals surface area contributed by atoms with Gasteiger partial charge >= 0.3 is 0 Å². The minimum atomic E-state index is 0.259. The molecule has 0 saturated carbocycles. The minimum absolute atomic E-state index is 0.259. The fourth-order valence-electron chi connectivity index (χ4n) is 1.57. The summed E-state index contributed by atoms with van der Waals surface area (Å²) in [7, 11) is 1.63. The second kappa shape index (κ2) is 5.74. The maximum atomic E-state index is 5.38. The number of aromatic nitrogens is 1. The molecule has 0 aliphatic carbocycles. The first-order valence-electron chi connectivity index (χ1n) is 5.50. The van der Waals surface area contributed by atoms with E-state index < -0.39 is 0 Å². The monoisotopic (exact) mass is 239 g/mol. The van der Waals surface area contributed by atoms with E-state index in [2.05, 4.69) is 10.9 Å². The van der Waals surface area contributed by atoms with Gasteiger partial charge in [-0.2, -0.15) is 0 Å². The Labute approximate surface area is 106 Å². The van der Waals surface area contributed by atoms with Gasteiger partial charge in [-0.3, -0.25) is 4.98 Å². The van der Waals surface area contributed by atoms with Crippen LogP contribution in [0.1, 0.15) is 0 Å². The lowest BCUT2D eigenvalue weighted by molar-refractivity contribution is 0.370. The average Bonchev–Trinajstić information content (AvgIpc) is 2.45. The van der Waals surface area contributed by atoms with Crippen LogP contribution >= 0.6 is 0 Å². The van der Waals surface area contributed by atoms with E-state index in [1.54, 1.807) is 13.3 Å². The van der Waals surface area contributed by atoms with E-state index in [0.29, 0.717) is 0 Å². The topological polar surface area (TPSA) is 31.4 Å². The molecule has 0 amide bonds. The third-order valence-corrected chi connectivity index (χ3v) is 2.42. The molecule has 0 radical (unpaired) electrons. The van der Waals surface area contributed by atoms with Gasteiger partial charge in [0.15, 0.2) is 0 Å². The van der Waals surface area contributed by atoms with E-state index in [1.807, 2.05) is 36.4 Å². The van der Waals surface area contributed by atoms with Crippen LogP contribution in [0, 0.1) is 12.3 Å². The molecule has 1 aromatic carbocycles. The van der Waals surface area contributed by atoms with Gasteiger partial charge < -0.3 is 9.47 Å². The lowest BCUT2D eigenvalue weighted by atomic mass is 10.1. The summed E-state index contributed by atoms with van der Waals surface area (Å²) in [5.74, 6) is 3.94. The number of methoxy groups -OCH3 is 1. The van der Waals surface area contributed by atoms with Crippen molar-refractivity contribution < 1.29 is 9.47 Å². The van der Waals surface area contributed by atoms with Crippen molar-refractivity contribution in [3.8, 4) is 35.1 Å². The molecule has 0 unspecified atom stereocenters. The first-order valence-corrected chi connectivity index (χ1v) is 5.50. The Morgan fingerprint density at radius 3 is 2.89 bits per heavy atom. The van der Waals surface area contributed by atoms with Gasteiger partial charge in [0.05, 0.1) is 12.8 Å². The minimum Gasteiger partial charge on any atom is -0.497 e. The van der Waals surface area contributed by atoms with Gasteiger partial charge in [0, 0.05) is 17.8 Å². The Morgan fingerprint density at radius 2 is 2.11 bits per heavy atom. The summed E-state index contributed by atoms with van der Waals surface area (Å²) in [5, 5.41) is 0. The molecule has 0 N–H and O–H groups in total. The van der Waals surface area contributed by atoms with Crippen LogP contribution in [0.15, 0.2) is 42.6 Å². The Hall–Kier alpha value is -2.47. The third kappa shape index (κ3) is 2.80. The number of terminal acetylenes is 1. The molecule has 3 heteroatoms. The molecule has 1 aromatic heterocycles. The number of rotatable bonds is 4. The van der Waals surface area contributed by atoms with Crippen LogP contribution < -0.4 is 9.47 Å².